The second-order valence-electron chi connectivity index (χ2n) is 7.85. The first-order chi connectivity index (χ1) is 14.4. The Hall–Kier alpha value is -3.41. The molecule has 1 aliphatic heterocycles. The lowest BCUT2D eigenvalue weighted by Crippen LogP contribution is -2.43. The van der Waals surface area contributed by atoms with Crippen molar-refractivity contribution in [2.24, 2.45) is 5.92 Å². The minimum Gasteiger partial charge on any atom is -0.497 e. The van der Waals surface area contributed by atoms with Gasteiger partial charge in [0.25, 0.3) is 0 Å². The lowest BCUT2D eigenvalue weighted by molar-refractivity contribution is -0.129. The van der Waals surface area contributed by atoms with Crippen LogP contribution in [0, 0.1) is 12.8 Å². The molecule has 0 bridgehead atoms. The second-order valence-corrected chi connectivity index (χ2v) is 7.85. The number of ether oxygens (including phenoxy) is 1. The summed E-state index contributed by atoms with van der Waals surface area (Å²) in [5.74, 6) is -0.695. The maximum absolute atomic E-state index is 13.0. The Morgan fingerprint density at radius 3 is 2.37 bits per heavy atom. The smallest absolute Gasteiger partial charge is 0.232 e. The van der Waals surface area contributed by atoms with Gasteiger partial charge in [-0.1, -0.05) is 29.8 Å². The summed E-state index contributed by atoms with van der Waals surface area (Å²) in [7, 11) is 1.61. The number of carbonyl (C=O) groups excluding carboxylic acids is 3. The molecule has 2 aliphatic rings. The molecule has 4 rings (SSSR count). The van der Waals surface area contributed by atoms with E-state index in [2.05, 4.69) is 10.6 Å². The van der Waals surface area contributed by atoms with Gasteiger partial charge in [0, 0.05) is 29.8 Å². The molecular weight excluding hydrogens is 380 g/mol. The number of rotatable bonds is 4. The van der Waals surface area contributed by atoms with Gasteiger partial charge in [-0.05, 0) is 49.1 Å². The van der Waals surface area contributed by atoms with Crippen LogP contribution in [0.1, 0.15) is 36.3 Å². The molecule has 0 fully saturated rings. The third-order valence-corrected chi connectivity index (χ3v) is 5.76. The SMILES string of the molecule is COc1ccc([C@H]2CC(=O)C3=C(C2)NC(=O)C[C@H]3C(=O)Nc2ccc(C)cc2)cc1. The van der Waals surface area contributed by atoms with Gasteiger partial charge < -0.3 is 15.4 Å². The standard InChI is InChI=1S/C24H24N2O4/c1-14-3-7-17(8-4-14)25-24(29)19-13-22(28)26-20-11-16(12-21(27)23(19)20)15-5-9-18(30-2)10-6-15/h3-10,16,19H,11-13H2,1-2H3,(H,25,29)(H,26,28)/t16-,19-/m1/s1. The quantitative estimate of drug-likeness (QED) is 0.817. The summed E-state index contributed by atoms with van der Waals surface area (Å²) in [5.41, 5.74) is 3.77. The molecule has 1 heterocycles. The van der Waals surface area contributed by atoms with E-state index in [-0.39, 0.29) is 29.9 Å². The second kappa shape index (κ2) is 8.14. The van der Waals surface area contributed by atoms with Crippen LogP contribution in [-0.4, -0.2) is 24.7 Å². The third kappa shape index (κ3) is 3.99. The Labute approximate surface area is 175 Å². The van der Waals surface area contributed by atoms with Crippen LogP contribution in [0.3, 0.4) is 0 Å². The summed E-state index contributed by atoms with van der Waals surface area (Å²) >= 11 is 0. The molecule has 1 aliphatic carbocycles. The number of hydrogen-bond acceptors (Lipinski definition) is 4. The number of anilines is 1. The Balaban J connectivity index is 1.58. The fourth-order valence-electron chi connectivity index (χ4n) is 4.16. The minimum absolute atomic E-state index is 0.0184. The Morgan fingerprint density at radius 1 is 1.00 bits per heavy atom. The van der Waals surface area contributed by atoms with E-state index in [0.29, 0.717) is 29.8 Å². The van der Waals surface area contributed by atoms with Crippen LogP contribution in [0.2, 0.25) is 0 Å². The fourth-order valence-corrected chi connectivity index (χ4v) is 4.16. The molecule has 6 nitrogen and oxygen atoms in total. The summed E-state index contributed by atoms with van der Waals surface area (Å²) < 4.78 is 5.20. The predicted octanol–water partition coefficient (Wildman–Crippen LogP) is 3.48. The zero-order chi connectivity index (χ0) is 21.3. The average Bonchev–Trinajstić information content (AvgIpc) is 2.74. The van der Waals surface area contributed by atoms with Crippen LogP contribution in [0.15, 0.2) is 59.8 Å². The van der Waals surface area contributed by atoms with E-state index >= 15 is 0 Å². The highest BCUT2D eigenvalue weighted by Crippen LogP contribution is 2.39. The highest BCUT2D eigenvalue weighted by atomic mass is 16.5. The van der Waals surface area contributed by atoms with Gasteiger partial charge in [0.2, 0.25) is 11.8 Å². The first-order valence-corrected chi connectivity index (χ1v) is 10.0. The molecule has 30 heavy (non-hydrogen) atoms. The first-order valence-electron chi connectivity index (χ1n) is 10.0. The van der Waals surface area contributed by atoms with Crippen molar-refractivity contribution in [1.29, 1.82) is 0 Å². The summed E-state index contributed by atoms with van der Waals surface area (Å²) in [6.07, 6.45) is 0.818. The number of hydrogen-bond donors (Lipinski definition) is 2. The van der Waals surface area contributed by atoms with Crippen LogP contribution in [0.5, 0.6) is 5.75 Å². The van der Waals surface area contributed by atoms with Gasteiger partial charge in [0.15, 0.2) is 5.78 Å². The van der Waals surface area contributed by atoms with Crippen molar-refractivity contribution in [3.63, 3.8) is 0 Å². The maximum atomic E-state index is 13.0. The number of amides is 2. The largest absolute Gasteiger partial charge is 0.497 e. The molecule has 2 amide bonds. The molecule has 154 valence electrons. The minimum atomic E-state index is -0.764. The molecule has 6 heteroatoms. The van der Waals surface area contributed by atoms with Crippen LogP contribution in [0.4, 0.5) is 5.69 Å². The normalized spacial score (nSPS) is 21.0. The Bertz CT molecular complexity index is 1020. The molecule has 2 atom stereocenters. The summed E-state index contributed by atoms with van der Waals surface area (Å²) in [4.78, 5) is 38.3. The number of Topliss-reactive ketones (excluding diaryl/α,β-unsaturated/α-hetero) is 1. The fraction of sp³-hybridized carbons (Fsp3) is 0.292. The highest BCUT2D eigenvalue weighted by molar-refractivity contribution is 6.09. The zero-order valence-electron chi connectivity index (χ0n) is 17.0. The molecule has 0 unspecified atom stereocenters. The lowest BCUT2D eigenvalue weighted by atomic mass is 9.75. The third-order valence-electron chi connectivity index (χ3n) is 5.76. The maximum Gasteiger partial charge on any atom is 0.232 e. The van der Waals surface area contributed by atoms with E-state index in [0.717, 1.165) is 16.9 Å². The van der Waals surface area contributed by atoms with E-state index in [1.165, 1.54) is 0 Å². The zero-order valence-corrected chi connectivity index (χ0v) is 17.0. The van der Waals surface area contributed by atoms with Crippen LogP contribution in [-0.2, 0) is 14.4 Å². The molecule has 2 aromatic carbocycles. The molecule has 0 saturated carbocycles. The molecule has 2 aromatic rings. The van der Waals surface area contributed by atoms with E-state index in [9.17, 15) is 14.4 Å². The number of nitrogens with one attached hydrogen (secondary N) is 2. The number of benzene rings is 2. The van der Waals surface area contributed by atoms with Crippen molar-refractivity contribution in [3.05, 3.63) is 70.9 Å². The first kappa shape index (κ1) is 19.9. The Kier molecular flexibility index (Phi) is 5.40. The van der Waals surface area contributed by atoms with Crippen LogP contribution in [0.25, 0.3) is 0 Å². The summed E-state index contributed by atoms with van der Waals surface area (Å²) in [6, 6.07) is 15.0. The van der Waals surface area contributed by atoms with Crippen molar-refractivity contribution in [2.45, 2.75) is 32.1 Å². The van der Waals surface area contributed by atoms with Crippen molar-refractivity contribution >= 4 is 23.3 Å². The van der Waals surface area contributed by atoms with Gasteiger partial charge in [-0.2, -0.15) is 0 Å². The number of carbonyl (C=O) groups is 3. The van der Waals surface area contributed by atoms with Crippen molar-refractivity contribution < 1.29 is 19.1 Å². The predicted molar refractivity (Wildman–Crippen MR) is 113 cm³/mol. The van der Waals surface area contributed by atoms with Crippen molar-refractivity contribution in [2.75, 3.05) is 12.4 Å². The van der Waals surface area contributed by atoms with Gasteiger partial charge >= 0.3 is 0 Å². The molecule has 0 spiro atoms. The van der Waals surface area contributed by atoms with E-state index < -0.39 is 5.92 Å². The summed E-state index contributed by atoms with van der Waals surface area (Å²) in [5, 5.41) is 5.69. The lowest BCUT2D eigenvalue weighted by Gasteiger charge is -2.33. The van der Waals surface area contributed by atoms with Crippen LogP contribution < -0.4 is 15.4 Å². The van der Waals surface area contributed by atoms with Crippen molar-refractivity contribution in [3.8, 4) is 5.75 Å². The highest BCUT2D eigenvalue weighted by Gasteiger charge is 2.40. The van der Waals surface area contributed by atoms with Gasteiger partial charge in [0.1, 0.15) is 5.75 Å². The van der Waals surface area contributed by atoms with E-state index in [4.69, 9.17) is 4.74 Å². The van der Waals surface area contributed by atoms with Crippen molar-refractivity contribution in [1.82, 2.24) is 5.32 Å². The summed E-state index contributed by atoms with van der Waals surface area (Å²) in [6.45, 7) is 1.97. The average molecular weight is 404 g/mol. The molecule has 0 radical (unpaired) electrons. The number of ketones is 1. The molecule has 0 saturated heterocycles. The van der Waals surface area contributed by atoms with E-state index in [1.54, 1.807) is 7.11 Å². The molecule has 2 N–H and O–H groups in total. The van der Waals surface area contributed by atoms with Crippen LogP contribution >= 0.6 is 0 Å². The number of methoxy groups -OCH3 is 1. The molecule has 0 aromatic heterocycles. The monoisotopic (exact) mass is 404 g/mol. The van der Waals surface area contributed by atoms with E-state index in [1.807, 2.05) is 55.5 Å². The molecular formula is C24H24N2O4. The number of allylic oxidation sites excluding steroid dienone is 1. The van der Waals surface area contributed by atoms with Gasteiger partial charge in [-0.25, -0.2) is 0 Å². The van der Waals surface area contributed by atoms with Gasteiger partial charge in [0.05, 0.1) is 13.0 Å². The van der Waals surface area contributed by atoms with Gasteiger partial charge in [-0.3, -0.25) is 14.4 Å². The van der Waals surface area contributed by atoms with Gasteiger partial charge in [-0.15, -0.1) is 0 Å². The topological polar surface area (TPSA) is 84.5 Å². The Morgan fingerprint density at radius 2 is 1.70 bits per heavy atom. The number of aryl methyl sites for hydroxylation is 1.